The number of anilines is 1. The Labute approximate surface area is 108 Å². The van der Waals surface area contributed by atoms with Gasteiger partial charge in [-0.1, -0.05) is 23.7 Å². The topological polar surface area (TPSA) is 91.2 Å². The number of primary amides is 1. The van der Waals surface area contributed by atoms with Crippen molar-refractivity contribution in [1.29, 1.82) is 0 Å². The third kappa shape index (κ3) is 2.52. The lowest BCUT2D eigenvalue weighted by atomic mass is 10.2. The summed E-state index contributed by atoms with van der Waals surface area (Å²) in [6.45, 7) is 0. The first-order valence-electron chi connectivity index (χ1n) is 5.05. The van der Waals surface area contributed by atoms with E-state index in [4.69, 9.17) is 27.8 Å². The van der Waals surface area contributed by atoms with Crippen molar-refractivity contribution in [2.24, 2.45) is 5.73 Å². The van der Waals surface area contributed by atoms with E-state index in [-0.39, 0.29) is 11.4 Å². The van der Waals surface area contributed by atoms with Gasteiger partial charge >= 0.3 is 0 Å². The lowest BCUT2D eigenvalue weighted by molar-refractivity contribution is 0.0997. The summed E-state index contributed by atoms with van der Waals surface area (Å²) in [5.74, 6) is -0.208. The summed E-state index contributed by atoms with van der Waals surface area (Å²) in [5, 5.41) is 0.409. The zero-order valence-electron chi connectivity index (χ0n) is 9.26. The van der Waals surface area contributed by atoms with Crippen LogP contribution in [-0.4, -0.2) is 10.9 Å². The predicted octanol–water partition coefficient (Wildman–Crippen LogP) is 2.21. The number of benzene rings is 1. The molecule has 0 unspecified atom stereocenters. The molecule has 1 heterocycles. The normalized spacial score (nSPS) is 10.1. The van der Waals surface area contributed by atoms with Crippen LogP contribution in [-0.2, 0) is 0 Å². The Kier molecular flexibility index (Phi) is 3.34. The molecular weight excluding hydrogens is 254 g/mol. The van der Waals surface area contributed by atoms with Crippen molar-refractivity contribution >= 4 is 23.2 Å². The highest BCUT2D eigenvalue weighted by atomic mass is 35.5. The van der Waals surface area contributed by atoms with Crippen molar-refractivity contribution < 1.29 is 9.53 Å². The summed E-state index contributed by atoms with van der Waals surface area (Å²) in [6, 6.07) is 8.24. The van der Waals surface area contributed by atoms with Crippen molar-refractivity contribution in [3.05, 3.63) is 47.1 Å². The molecule has 0 aliphatic heterocycles. The molecule has 0 saturated heterocycles. The highest BCUT2D eigenvalue weighted by Gasteiger charge is 2.13. The predicted molar refractivity (Wildman–Crippen MR) is 68.7 cm³/mol. The van der Waals surface area contributed by atoms with Crippen LogP contribution >= 0.6 is 11.6 Å². The van der Waals surface area contributed by atoms with E-state index in [9.17, 15) is 4.79 Å². The van der Waals surface area contributed by atoms with E-state index in [1.165, 1.54) is 12.3 Å². The largest absolute Gasteiger partial charge is 0.437 e. The van der Waals surface area contributed by atoms with Gasteiger partial charge in [-0.15, -0.1) is 0 Å². The minimum absolute atomic E-state index is 0.0739. The molecule has 0 saturated carbocycles. The number of rotatable bonds is 3. The molecule has 2 rings (SSSR count). The SMILES string of the molecule is NC(=O)c1cc(N)cnc1Oc1ccccc1Cl. The summed E-state index contributed by atoms with van der Waals surface area (Å²) in [4.78, 5) is 15.2. The number of nitrogens with two attached hydrogens (primary N) is 2. The maximum atomic E-state index is 11.3. The van der Waals surface area contributed by atoms with Crippen LogP contribution in [0.5, 0.6) is 11.6 Å². The molecule has 2 aromatic rings. The Morgan fingerprint density at radius 2 is 2.06 bits per heavy atom. The second-order valence-electron chi connectivity index (χ2n) is 3.52. The average Bonchev–Trinajstić information content (AvgIpc) is 2.34. The Morgan fingerprint density at radius 1 is 1.33 bits per heavy atom. The van der Waals surface area contributed by atoms with Crippen molar-refractivity contribution in [3.8, 4) is 11.6 Å². The van der Waals surface area contributed by atoms with Gasteiger partial charge in [0.1, 0.15) is 11.3 Å². The maximum Gasteiger partial charge on any atom is 0.254 e. The molecule has 0 spiro atoms. The lowest BCUT2D eigenvalue weighted by Gasteiger charge is -2.09. The molecule has 0 fully saturated rings. The molecule has 1 aromatic carbocycles. The standard InChI is InChI=1S/C12H10ClN3O2/c13-9-3-1-2-4-10(9)18-12-8(11(15)17)5-7(14)6-16-12/h1-6H,14H2,(H2,15,17). The zero-order chi connectivity index (χ0) is 13.1. The number of amides is 1. The molecule has 92 valence electrons. The lowest BCUT2D eigenvalue weighted by Crippen LogP contribution is -2.13. The van der Waals surface area contributed by atoms with Crippen molar-refractivity contribution in [1.82, 2.24) is 4.98 Å². The number of nitrogens with zero attached hydrogens (tertiary/aromatic N) is 1. The van der Waals surface area contributed by atoms with Crippen LogP contribution in [0.1, 0.15) is 10.4 Å². The second kappa shape index (κ2) is 4.93. The smallest absolute Gasteiger partial charge is 0.254 e. The fourth-order valence-corrected chi connectivity index (χ4v) is 1.53. The number of aromatic nitrogens is 1. The molecule has 18 heavy (non-hydrogen) atoms. The first-order valence-corrected chi connectivity index (χ1v) is 5.43. The summed E-state index contributed by atoms with van der Waals surface area (Å²) in [5.41, 5.74) is 11.2. The van der Waals surface area contributed by atoms with Crippen LogP contribution < -0.4 is 16.2 Å². The summed E-state index contributed by atoms with van der Waals surface area (Å²) in [6.07, 6.45) is 1.37. The Morgan fingerprint density at radius 3 is 2.72 bits per heavy atom. The number of hydrogen-bond donors (Lipinski definition) is 2. The van der Waals surface area contributed by atoms with Crippen LogP contribution in [0.3, 0.4) is 0 Å². The van der Waals surface area contributed by atoms with Crippen LogP contribution in [0.2, 0.25) is 5.02 Å². The molecule has 0 radical (unpaired) electrons. The number of nitrogen functional groups attached to an aromatic ring is 1. The number of halogens is 1. The summed E-state index contributed by atoms with van der Waals surface area (Å²) in [7, 11) is 0. The average molecular weight is 264 g/mol. The third-order valence-electron chi connectivity index (χ3n) is 2.18. The van der Waals surface area contributed by atoms with E-state index in [2.05, 4.69) is 4.98 Å². The van der Waals surface area contributed by atoms with Gasteiger partial charge in [0.05, 0.1) is 16.9 Å². The fraction of sp³-hybridized carbons (Fsp3) is 0. The quantitative estimate of drug-likeness (QED) is 0.888. The van der Waals surface area contributed by atoms with E-state index in [1.54, 1.807) is 24.3 Å². The highest BCUT2D eigenvalue weighted by Crippen LogP contribution is 2.29. The molecule has 0 aliphatic carbocycles. The van der Waals surface area contributed by atoms with E-state index in [0.29, 0.717) is 16.5 Å². The molecule has 5 nitrogen and oxygen atoms in total. The minimum atomic E-state index is -0.670. The van der Waals surface area contributed by atoms with Gasteiger partial charge in [0.25, 0.3) is 5.91 Å². The highest BCUT2D eigenvalue weighted by molar-refractivity contribution is 6.32. The van der Waals surface area contributed by atoms with Gasteiger partial charge < -0.3 is 16.2 Å². The first kappa shape index (κ1) is 12.2. The van der Waals surface area contributed by atoms with E-state index >= 15 is 0 Å². The number of carbonyl (C=O) groups excluding carboxylic acids is 1. The summed E-state index contributed by atoms with van der Waals surface area (Å²) >= 11 is 5.94. The van der Waals surface area contributed by atoms with Crippen LogP contribution in [0.25, 0.3) is 0 Å². The van der Waals surface area contributed by atoms with Crippen molar-refractivity contribution in [3.63, 3.8) is 0 Å². The van der Waals surface area contributed by atoms with Crippen LogP contribution in [0, 0.1) is 0 Å². The Balaban J connectivity index is 2.41. The number of ether oxygens (including phenoxy) is 1. The number of hydrogen-bond acceptors (Lipinski definition) is 4. The molecule has 1 aromatic heterocycles. The number of para-hydroxylation sites is 1. The molecule has 1 amide bonds. The van der Waals surface area contributed by atoms with E-state index < -0.39 is 5.91 Å². The first-order chi connectivity index (χ1) is 8.58. The van der Waals surface area contributed by atoms with Gasteiger partial charge in [-0.2, -0.15) is 0 Å². The molecule has 0 bridgehead atoms. The Bertz CT molecular complexity index is 602. The van der Waals surface area contributed by atoms with Gasteiger partial charge in [-0.3, -0.25) is 4.79 Å². The van der Waals surface area contributed by atoms with Gasteiger partial charge in [0.2, 0.25) is 5.88 Å². The fourth-order valence-electron chi connectivity index (χ4n) is 1.36. The van der Waals surface area contributed by atoms with Crippen molar-refractivity contribution in [2.45, 2.75) is 0 Å². The van der Waals surface area contributed by atoms with Gasteiger partial charge in [0.15, 0.2) is 0 Å². The monoisotopic (exact) mass is 263 g/mol. The van der Waals surface area contributed by atoms with Gasteiger partial charge in [-0.05, 0) is 18.2 Å². The molecular formula is C12H10ClN3O2. The molecule has 0 atom stereocenters. The van der Waals surface area contributed by atoms with E-state index in [0.717, 1.165) is 0 Å². The van der Waals surface area contributed by atoms with Gasteiger partial charge in [0, 0.05) is 0 Å². The summed E-state index contributed by atoms with van der Waals surface area (Å²) < 4.78 is 5.46. The zero-order valence-corrected chi connectivity index (χ0v) is 10.0. The van der Waals surface area contributed by atoms with E-state index in [1.807, 2.05) is 0 Å². The molecule has 0 aliphatic rings. The second-order valence-corrected chi connectivity index (χ2v) is 3.93. The Hall–Kier alpha value is -2.27. The van der Waals surface area contributed by atoms with Gasteiger partial charge in [-0.25, -0.2) is 4.98 Å². The minimum Gasteiger partial charge on any atom is -0.437 e. The maximum absolute atomic E-state index is 11.3. The third-order valence-corrected chi connectivity index (χ3v) is 2.49. The van der Waals surface area contributed by atoms with Crippen LogP contribution in [0.15, 0.2) is 36.5 Å². The molecule has 4 N–H and O–H groups in total. The number of carbonyl (C=O) groups is 1. The molecule has 6 heteroatoms. The number of pyridine rings is 1. The van der Waals surface area contributed by atoms with Crippen molar-refractivity contribution in [2.75, 3.05) is 5.73 Å². The van der Waals surface area contributed by atoms with Crippen LogP contribution in [0.4, 0.5) is 5.69 Å².